The van der Waals surface area contributed by atoms with E-state index in [0.717, 1.165) is 0 Å². The minimum absolute atomic E-state index is 0.0348. The molecule has 0 spiro atoms. The fourth-order valence-corrected chi connectivity index (χ4v) is 1.89. The predicted molar refractivity (Wildman–Crippen MR) is 63.8 cm³/mol. The summed E-state index contributed by atoms with van der Waals surface area (Å²) in [5.74, 6) is -1.56. The van der Waals surface area contributed by atoms with Gasteiger partial charge in [0.2, 0.25) is 0 Å². The first-order chi connectivity index (χ1) is 8.11. The number of halogens is 2. The number of hydrogen-bond donors (Lipinski definition) is 1. The molecule has 0 radical (unpaired) electrons. The lowest BCUT2D eigenvalue weighted by atomic mass is 10.0. The van der Waals surface area contributed by atoms with E-state index in [1.807, 2.05) is 0 Å². The van der Waals surface area contributed by atoms with Crippen molar-refractivity contribution < 1.29 is 14.3 Å². The zero-order valence-electron chi connectivity index (χ0n) is 8.65. The van der Waals surface area contributed by atoms with E-state index < -0.39 is 11.8 Å². The van der Waals surface area contributed by atoms with E-state index in [4.69, 9.17) is 16.7 Å². The molecule has 0 saturated heterocycles. The van der Waals surface area contributed by atoms with Crippen molar-refractivity contribution in [1.82, 2.24) is 0 Å². The second-order valence-corrected chi connectivity index (χ2v) is 3.83. The van der Waals surface area contributed by atoms with Crippen molar-refractivity contribution in [3.8, 4) is 11.1 Å². The molecule has 2 aromatic carbocycles. The Bertz CT molecular complexity index is 581. The van der Waals surface area contributed by atoms with Crippen molar-refractivity contribution >= 4 is 17.6 Å². The molecule has 0 amide bonds. The second-order valence-electron chi connectivity index (χ2n) is 3.45. The minimum Gasteiger partial charge on any atom is -0.478 e. The Balaban J connectivity index is 2.65. The highest BCUT2D eigenvalue weighted by atomic mass is 35.5. The Morgan fingerprint density at radius 3 is 2.35 bits per heavy atom. The van der Waals surface area contributed by atoms with Crippen molar-refractivity contribution in [2.75, 3.05) is 0 Å². The van der Waals surface area contributed by atoms with Gasteiger partial charge in [-0.15, -0.1) is 0 Å². The van der Waals surface area contributed by atoms with Crippen LogP contribution >= 0.6 is 11.6 Å². The number of benzene rings is 2. The molecular weight excluding hydrogens is 243 g/mol. The maximum absolute atomic E-state index is 13.6. The van der Waals surface area contributed by atoms with Crippen molar-refractivity contribution in [3.05, 3.63) is 58.9 Å². The molecule has 0 aliphatic heterocycles. The molecule has 0 aliphatic carbocycles. The van der Waals surface area contributed by atoms with E-state index in [-0.39, 0.29) is 10.6 Å². The third-order valence-corrected chi connectivity index (χ3v) is 2.80. The molecule has 0 bridgehead atoms. The highest BCUT2D eigenvalue weighted by Gasteiger charge is 2.14. The Labute approximate surface area is 102 Å². The van der Waals surface area contributed by atoms with Crippen LogP contribution in [0, 0.1) is 5.82 Å². The molecule has 0 fully saturated rings. The van der Waals surface area contributed by atoms with E-state index in [1.54, 1.807) is 24.3 Å². The minimum atomic E-state index is -1.13. The Morgan fingerprint density at radius 1 is 1.06 bits per heavy atom. The first kappa shape index (κ1) is 11.6. The number of hydrogen-bond acceptors (Lipinski definition) is 1. The summed E-state index contributed by atoms with van der Waals surface area (Å²) in [5.41, 5.74) is 0.637. The van der Waals surface area contributed by atoms with Gasteiger partial charge in [-0.05, 0) is 12.1 Å². The largest absolute Gasteiger partial charge is 0.478 e. The average molecular weight is 251 g/mol. The molecule has 0 atom stereocenters. The first-order valence-electron chi connectivity index (χ1n) is 4.88. The molecule has 86 valence electrons. The fraction of sp³-hybridized carbons (Fsp3) is 0. The summed E-state index contributed by atoms with van der Waals surface area (Å²) in [5, 5.41) is 8.97. The molecule has 2 nitrogen and oxygen atoms in total. The van der Waals surface area contributed by atoms with Gasteiger partial charge in [-0.1, -0.05) is 41.9 Å². The van der Waals surface area contributed by atoms with Gasteiger partial charge in [0.15, 0.2) is 0 Å². The maximum atomic E-state index is 13.6. The average Bonchev–Trinajstić information content (AvgIpc) is 2.30. The molecule has 0 aliphatic rings. The molecule has 0 heterocycles. The smallest absolute Gasteiger partial charge is 0.337 e. The molecular formula is C13H8ClFO2. The topological polar surface area (TPSA) is 37.3 Å². The molecule has 2 rings (SSSR count). The summed E-state index contributed by atoms with van der Waals surface area (Å²) < 4.78 is 13.6. The lowest BCUT2D eigenvalue weighted by molar-refractivity contribution is 0.0697. The van der Waals surface area contributed by atoms with Gasteiger partial charge in [0.1, 0.15) is 5.82 Å². The van der Waals surface area contributed by atoms with Gasteiger partial charge in [-0.25, -0.2) is 9.18 Å². The van der Waals surface area contributed by atoms with E-state index in [2.05, 4.69) is 0 Å². The van der Waals surface area contributed by atoms with Crippen LogP contribution < -0.4 is 0 Å². The SMILES string of the molecule is O=C(O)c1cccc(-c2ccccc2F)c1Cl. The van der Waals surface area contributed by atoms with Crippen molar-refractivity contribution in [1.29, 1.82) is 0 Å². The van der Waals surface area contributed by atoms with E-state index >= 15 is 0 Å². The van der Waals surface area contributed by atoms with Crippen LogP contribution in [0.25, 0.3) is 11.1 Å². The van der Waals surface area contributed by atoms with E-state index in [1.165, 1.54) is 18.2 Å². The van der Waals surface area contributed by atoms with Crippen LogP contribution in [0.3, 0.4) is 0 Å². The monoisotopic (exact) mass is 250 g/mol. The number of carbonyl (C=O) groups is 1. The van der Waals surface area contributed by atoms with E-state index in [9.17, 15) is 9.18 Å². The summed E-state index contributed by atoms with van der Waals surface area (Å²) in [7, 11) is 0. The van der Waals surface area contributed by atoms with Crippen LogP contribution in [0.2, 0.25) is 5.02 Å². The highest BCUT2D eigenvalue weighted by Crippen LogP contribution is 2.32. The van der Waals surface area contributed by atoms with Crippen LogP contribution in [-0.4, -0.2) is 11.1 Å². The Hall–Kier alpha value is -1.87. The van der Waals surface area contributed by atoms with Crippen LogP contribution in [0.15, 0.2) is 42.5 Å². The van der Waals surface area contributed by atoms with Gasteiger partial charge in [0.25, 0.3) is 0 Å². The lowest BCUT2D eigenvalue weighted by Crippen LogP contribution is -1.98. The number of carboxylic acid groups (broad SMARTS) is 1. The summed E-state index contributed by atoms with van der Waals surface area (Å²) >= 11 is 5.96. The predicted octanol–water partition coefficient (Wildman–Crippen LogP) is 3.84. The zero-order chi connectivity index (χ0) is 12.4. The third kappa shape index (κ3) is 2.15. The van der Waals surface area contributed by atoms with E-state index in [0.29, 0.717) is 11.1 Å². The second kappa shape index (κ2) is 4.55. The van der Waals surface area contributed by atoms with Gasteiger partial charge in [0, 0.05) is 11.1 Å². The van der Waals surface area contributed by atoms with Crippen LogP contribution in [0.1, 0.15) is 10.4 Å². The number of carboxylic acids is 1. The Morgan fingerprint density at radius 2 is 1.71 bits per heavy atom. The van der Waals surface area contributed by atoms with Crippen LogP contribution in [-0.2, 0) is 0 Å². The molecule has 4 heteroatoms. The molecule has 0 saturated carbocycles. The maximum Gasteiger partial charge on any atom is 0.337 e. The molecule has 0 aromatic heterocycles. The standard InChI is InChI=1S/C13H8ClFO2/c14-12-9(5-3-6-10(12)13(16)17)8-4-1-2-7-11(8)15/h1-7H,(H,16,17). The molecule has 17 heavy (non-hydrogen) atoms. The quantitative estimate of drug-likeness (QED) is 0.879. The summed E-state index contributed by atoms with van der Waals surface area (Å²) in [4.78, 5) is 10.9. The number of aromatic carboxylic acids is 1. The Kier molecular flexibility index (Phi) is 3.11. The number of rotatable bonds is 2. The fourth-order valence-electron chi connectivity index (χ4n) is 1.58. The van der Waals surface area contributed by atoms with Gasteiger partial charge >= 0.3 is 5.97 Å². The first-order valence-corrected chi connectivity index (χ1v) is 5.26. The molecule has 1 N–H and O–H groups in total. The van der Waals surface area contributed by atoms with Gasteiger partial charge in [-0.2, -0.15) is 0 Å². The van der Waals surface area contributed by atoms with Crippen LogP contribution in [0.4, 0.5) is 4.39 Å². The normalized spacial score (nSPS) is 10.2. The summed E-state index contributed by atoms with van der Waals surface area (Å²) in [6.07, 6.45) is 0. The van der Waals surface area contributed by atoms with Crippen LogP contribution in [0.5, 0.6) is 0 Å². The molecule has 2 aromatic rings. The van der Waals surface area contributed by atoms with Crippen molar-refractivity contribution in [2.24, 2.45) is 0 Å². The van der Waals surface area contributed by atoms with Gasteiger partial charge in [-0.3, -0.25) is 0 Å². The summed E-state index contributed by atoms with van der Waals surface area (Å²) in [6.45, 7) is 0. The van der Waals surface area contributed by atoms with Crippen molar-refractivity contribution in [3.63, 3.8) is 0 Å². The van der Waals surface area contributed by atoms with Gasteiger partial charge < -0.3 is 5.11 Å². The highest BCUT2D eigenvalue weighted by molar-refractivity contribution is 6.36. The van der Waals surface area contributed by atoms with Gasteiger partial charge in [0.05, 0.1) is 10.6 Å². The van der Waals surface area contributed by atoms with Crippen molar-refractivity contribution in [2.45, 2.75) is 0 Å². The lowest BCUT2D eigenvalue weighted by Gasteiger charge is -2.07. The molecule has 0 unspecified atom stereocenters. The zero-order valence-corrected chi connectivity index (χ0v) is 9.41. The summed E-state index contributed by atoms with van der Waals surface area (Å²) in [6, 6.07) is 10.6. The third-order valence-electron chi connectivity index (χ3n) is 2.39.